The molecule has 2 rings (SSSR count). The number of aromatic nitrogens is 1. The Morgan fingerprint density at radius 3 is 2.65 bits per heavy atom. The minimum absolute atomic E-state index is 0.0969. The highest BCUT2D eigenvalue weighted by Crippen LogP contribution is 2.16. The molecule has 0 fully saturated rings. The molecule has 0 unspecified atom stereocenters. The number of fused-ring (bicyclic) bond motifs is 1. The SMILES string of the molecule is CCC(N)(CC)CNC(=O)c1ccnc2ccccc12. The van der Waals surface area contributed by atoms with E-state index in [9.17, 15) is 4.79 Å². The van der Waals surface area contributed by atoms with Crippen molar-refractivity contribution in [1.29, 1.82) is 0 Å². The third-order valence-corrected chi connectivity index (χ3v) is 3.90. The van der Waals surface area contributed by atoms with Gasteiger partial charge in [0, 0.05) is 23.7 Å². The fourth-order valence-electron chi connectivity index (χ4n) is 2.15. The summed E-state index contributed by atoms with van der Waals surface area (Å²) >= 11 is 0. The van der Waals surface area contributed by atoms with E-state index in [4.69, 9.17) is 5.73 Å². The first-order valence-corrected chi connectivity index (χ1v) is 7.00. The second kappa shape index (κ2) is 6.01. The van der Waals surface area contributed by atoms with E-state index in [0.717, 1.165) is 23.7 Å². The van der Waals surface area contributed by atoms with Crippen LogP contribution in [-0.2, 0) is 0 Å². The largest absolute Gasteiger partial charge is 0.350 e. The molecule has 0 spiro atoms. The van der Waals surface area contributed by atoms with Crippen molar-refractivity contribution in [3.63, 3.8) is 0 Å². The minimum atomic E-state index is -0.335. The molecule has 0 aliphatic carbocycles. The van der Waals surface area contributed by atoms with E-state index in [-0.39, 0.29) is 11.4 Å². The highest BCUT2D eigenvalue weighted by molar-refractivity contribution is 6.05. The maximum absolute atomic E-state index is 12.3. The quantitative estimate of drug-likeness (QED) is 0.878. The summed E-state index contributed by atoms with van der Waals surface area (Å²) in [5.74, 6) is -0.0969. The molecule has 4 heteroatoms. The minimum Gasteiger partial charge on any atom is -0.350 e. The van der Waals surface area contributed by atoms with Crippen LogP contribution in [0, 0.1) is 0 Å². The van der Waals surface area contributed by atoms with E-state index in [0.29, 0.717) is 12.1 Å². The second-order valence-electron chi connectivity index (χ2n) is 5.13. The zero-order valence-corrected chi connectivity index (χ0v) is 12.0. The van der Waals surface area contributed by atoms with E-state index in [1.165, 1.54) is 0 Å². The number of benzene rings is 1. The van der Waals surface area contributed by atoms with E-state index in [1.807, 2.05) is 38.1 Å². The van der Waals surface area contributed by atoms with Crippen molar-refractivity contribution in [1.82, 2.24) is 10.3 Å². The van der Waals surface area contributed by atoms with Gasteiger partial charge in [-0.1, -0.05) is 32.0 Å². The van der Waals surface area contributed by atoms with Gasteiger partial charge in [0.05, 0.1) is 11.1 Å². The predicted octanol–water partition coefficient (Wildman–Crippen LogP) is 2.48. The number of amides is 1. The molecule has 0 radical (unpaired) electrons. The van der Waals surface area contributed by atoms with Crippen LogP contribution in [0.3, 0.4) is 0 Å². The smallest absolute Gasteiger partial charge is 0.252 e. The Hall–Kier alpha value is -1.94. The van der Waals surface area contributed by atoms with Crippen LogP contribution in [0.5, 0.6) is 0 Å². The third-order valence-electron chi connectivity index (χ3n) is 3.90. The molecule has 1 heterocycles. The van der Waals surface area contributed by atoms with Crippen LogP contribution in [0.1, 0.15) is 37.0 Å². The number of carbonyl (C=O) groups is 1. The van der Waals surface area contributed by atoms with Gasteiger partial charge in [-0.15, -0.1) is 0 Å². The monoisotopic (exact) mass is 271 g/mol. The second-order valence-corrected chi connectivity index (χ2v) is 5.13. The highest BCUT2D eigenvalue weighted by atomic mass is 16.1. The lowest BCUT2D eigenvalue weighted by Crippen LogP contribution is -2.49. The molecule has 0 saturated heterocycles. The molecule has 3 N–H and O–H groups in total. The highest BCUT2D eigenvalue weighted by Gasteiger charge is 2.21. The molecule has 4 nitrogen and oxygen atoms in total. The van der Waals surface area contributed by atoms with Crippen LogP contribution in [0.4, 0.5) is 0 Å². The maximum Gasteiger partial charge on any atom is 0.252 e. The summed E-state index contributed by atoms with van der Waals surface area (Å²) in [5, 5.41) is 3.81. The normalized spacial score (nSPS) is 11.6. The Labute approximate surface area is 119 Å². The van der Waals surface area contributed by atoms with Gasteiger partial charge in [-0.2, -0.15) is 0 Å². The molecule has 1 aromatic carbocycles. The average molecular weight is 271 g/mol. The van der Waals surface area contributed by atoms with Crippen molar-refractivity contribution in [2.24, 2.45) is 5.73 Å². The maximum atomic E-state index is 12.3. The van der Waals surface area contributed by atoms with Crippen molar-refractivity contribution < 1.29 is 4.79 Å². The van der Waals surface area contributed by atoms with Crippen LogP contribution in [0.15, 0.2) is 36.5 Å². The molecular weight excluding hydrogens is 250 g/mol. The van der Waals surface area contributed by atoms with Crippen molar-refractivity contribution >= 4 is 16.8 Å². The van der Waals surface area contributed by atoms with Gasteiger partial charge in [0.15, 0.2) is 0 Å². The molecule has 0 aliphatic rings. The zero-order chi connectivity index (χ0) is 14.6. The molecule has 0 saturated carbocycles. The zero-order valence-electron chi connectivity index (χ0n) is 12.0. The molecule has 1 aromatic heterocycles. The number of hydrogen-bond acceptors (Lipinski definition) is 3. The van der Waals surface area contributed by atoms with E-state index < -0.39 is 0 Å². The number of carbonyl (C=O) groups excluding carboxylic acids is 1. The van der Waals surface area contributed by atoms with Crippen molar-refractivity contribution in [3.05, 3.63) is 42.1 Å². The van der Waals surface area contributed by atoms with Crippen LogP contribution < -0.4 is 11.1 Å². The number of nitrogens with one attached hydrogen (secondary N) is 1. The van der Waals surface area contributed by atoms with Gasteiger partial charge in [0.25, 0.3) is 5.91 Å². The summed E-state index contributed by atoms with van der Waals surface area (Å²) in [4.78, 5) is 16.6. The number of nitrogens with zero attached hydrogens (tertiary/aromatic N) is 1. The Morgan fingerprint density at radius 2 is 1.95 bits per heavy atom. The summed E-state index contributed by atoms with van der Waals surface area (Å²) in [6.07, 6.45) is 3.33. The van der Waals surface area contributed by atoms with E-state index in [1.54, 1.807) is 12.3 Å². The summed E-state index contributed by atoms with van der Waals surface area (Å²) in [6.45, 7) is 4.56. The summed E-state index contributed by atoms with van der Waals surface area (Å²) in [5.41, 5.74) is 7.34. The van der Waals surface area contributed by atoms with Crippen LogP contribution in [0.25, 0.3) is 10.9 Å². The lowest BCUT2D eigenvalue weighted by atomic mass is 9.94. The Morgan fingerprint density at radius 1 is 1.25 bits per heavy atom. The lowest BCUT2D eigenvalue weighted by Gasteiger charge is -2.26. The molecule has 1 amide bonds. The van der Waals surface area contributed by atoms with Gasteiger partial charge in [-0.25, -0.2) is 0 Å². The first-order valence-electron chi connectivity index (χ1n) is 7.00. The van der Waals surface area contributed by atoms with Gasteiger partial charge in [-0.3, -0.25) is 9.78 Å². The number of para-hydroxylation sites is 1. The first kappa shape index (κ1) is 14.5. The van der Waals surface area contributed by atoms with Crippen LogP contribution in [0.2, 0.25) is 0 Å². The van der Waals surface area contributed by atoms with Crippen molar-refractivity contribution in [3.8, 4) is 0 Å². The van der Waals surface area contributed by atoms with Gasteiger partial charge in [-0.05, 0) is 25.0 Å². The summed E-state index contributed by atoms with van der Waals surface area (Å²) in [7, 11) is 0. The van der Waals surface area contributed by atoms with E-state index >= 15 is 0 Å². The summed E-state index contributed by atoms with van der Waals surface area (Å²) in [6, 6.07) is 9.37. The third kappa shape index (κ3) is 2.96. The fourth-order valence-corrected chi connectivity index (χ4v) is 2.15. The Kier molecular flexibility index (Phi) is 4.35. The molecule has 0 atom stereocenters. The molecule has 2 aromatic rings. The fraction of sp³-hybridized carbons (Fsp3) is 0.375. The van der Waals surface area contributed by atoms with Gasteiger partial charge < -0.3 is 11.1 Å². The van der Waals surface area contributed by atoms with Crippen LogP contribution in [-0.4, -0.2) is 23.0 Å². The Bertz CT molecular complexity index is 600. The summed E-state index contributed by atoms with van der Waals surface area (Å²) < 4.78 is 0. The average Bonchev–Trinajstić information content (AvgIpc) is 2.51. The molecular formula is C16H21N3O. The lowest BCUT2D eigenvalue weighted by molar-refractivity contribution is 0.0944. The molecule has 0 bridgehead atoms. The van der Waals surface area contributed by atoms with Gasteiger partial charge in [0.1, 0.15) is 0 Å². The molecule has 0 aliphatic heterocycles. The first-order chi connectivity index (χ1) is 9.59. The van der Waals surface area contributed by atoms with Gasteiger partial charge >= 0.3 is 0 Å². The van der Waals surface area contributed by atoms with Crippen molar-refractivity contribution in [2.75, 3.05) is 6.54 Å². The number of pyridine rings is 1. The number of rotatable bonds is 5. The van der Waals surface area contributed by atoms with Crippen LogP contribution >= 0.6 is 0 Å². The topological polar surface area (TPSA) is 68.0 Å². The van der Waals surface area contributed by atoms with Crippen molar-refractivity contribution in [2.45, 2.75) is 32.2 Å². The molecule has 106 valence electrons. The Balaban J connectivity index is 2.20. The number of nitrogens with two attached hydrogens (primary N) is 1. The number of hydrogen-bond donors (Lipinski definition) is 2. The predicted molar refractivity (Wildman–Crippen MR) is 81.6 cm³/mol. The molecule has 20 heavy (non-hydrogen) atoms. The van der Waals surface area contributed by atoms with E-state index in [2.05, 4.69) is 10.3 Å². The van der Waals surface area contributed by atoms with Gasteiger partial charge in [0.2, 0.25) is 0 Å². The standard InChI is InChI=1S/C16H21N3O/c1-3-16(17,4-2)11-19-15(20)13-9-10-18-14-8-6-5-7-12(13)14/h5-10H,3-4,11,17H2,1-2H3,(H,19,20).